The van der Waals surface area contributed by atoms with Gasteiger partial charge in [-0.1, -0.05) is 0 Å². The van der Waals surface area contributed by atoms with Gasteiger partial charge in [-0.15, -0.1) is 0 Å². The molecule has 1 rings (SSSR count). The number of thiocarbonyl (C=S) groups is 1. The summed E-state index contributed by atoms with van der Waals surface area (Å²) in [4.78, 5) is 1.60. The molecule has 1 saturated heterocycles. The maximum absolute atomic E-state index is 12.2. The smallest absolute Gasteiger partial charge is 0.255 e. The van der Waals surface area contributed by atoms with Crippen LogP contribution in [0.2, 0.25) is 0 Å². The normalized spacial score (nSPS) is 19.9. The van der Waals surface area contributed by atoms with Gasteiger partial charge >= 0.3 is 0 Å². The highest BCUT2D eigenvalue weighted by molar-refractivity contribution is 7.99. The fraction of sp³-hybridized carbons (Fsp3) is 0.800. The van der Waals surface area contributed by atoms with Crippen LogP contribution in [0.3, 0.4) is 0 Å². The molecule has 0 radical (unpaired) electrons. The van der Waals surface area contributed by atoms with E-state index in [1.54, 1.807) is 4.90 Å². The SMILES string of the molecule is FC(=S)N1CCSCC1. The van der Waals surface area contributed by atoms with Gasteiger partial charge in [-0.05, 0) is 12.2 Å². The summed E-state index contributed by atoms with van der Waals surface area (Å²) in [5.74, 6) is 2.01. The maximum atomic E-state index is 12.2. The molecule has 1 fully saturated rings. The second kappa shape index (κ2) is 3.37. The Morgan fingerprint density at radius 1 is 1.44 bits per heavy atom. The van der Waals surface area contributed by atoms with Crippen molar-refractivity contribution in [3.05, 3.63) is 0 Å². The first-order valence-electron chi connectivity index (χ1n) is 2.83. The van der Waals surface area contributed by atoms with E-state index in [9.17, 15) is 4.39 Å². The third-order valence-corrected chi connectivity index (χ3v) is 2.46. The molecule has 0 N–H and O–H groups in total. The van der Waals surface area contributed by atoms with Crippen molar-refractivity contribution in [1.29, 1.82) is 0 Å². The molecule has 4 heteroatoms. The highest BCUT2D eigenvalue weighted by Gasteiger charge is 2.11. The molecule has 9 heavy (non-hydrogen) atoms. The number of hydrogen-bond donors (Lipinski definition) is 0. The number of halogens is 1. The fourth-order valence-electron chi connectivity index (χ4n) is 0.739. The lowest BCUT2D eigenvalue weighted by Crippen LogP contribution is -2.34. The minimum Gasteiger partial charge on any atom is -0.338 e. The third-order valence-electron chi connectivity index (χ3n) is 1.26. The van der Waals surface area contributed by atoms with Crippen LogP contribution in [0.15, 0.2) is 0 Å². The molecule has 0 atom stereocenters. The zero-order valence-electron chi connectivity index (χ0n) is 4.97. The molecule has 1 nitrogen and oxygen atoms in total. The molecule has 0 bridgehead atoms. The Bertz CT molecular complexity index is 112. The first-order valence-corrected chi connectivity index (χ1v) is 4.39. The Labute approximate surface area is 63.6 Å². The van der Waals surface area contributed by atoms with Gasteiger partial charge in [-0.3, -0.25) is 0 Å². The molecule has 52 valence electrons. The van der Waals surface area contributed by atoms with Gasteiger partial charge in [0.15, 0.2) is 0 Å². The van der Waals surface area contributed by atoms with Gasteiger partial charge in [-0.2, -0.15) is 16.2 Å². The van der Waals surface area contributed by atoms with Crippen LogP contribution in [-0.2, 0) is 0 Å². The van der Waals surface area contributed by atoms with Gasteiger partial charge in [0, 0.05) is 24.6 Å². The van der Waals surface area contributed by atoms with Crippen LogP contribution in [0.5, 0.6) is 0 Å². The summed E-state index contributed by atoms with van der Waals surface area (Å²) in [5.41, 5.74) is 0. The lowest BCUT2D eigenvalue weighted by molar-refractivity contribution is 0.425. The molecular formula is C5H8FNS2. The summed E-state index contributed by atoms with van der Waals surface area (Å²) < 4.78 is 12.2. The van der Waals surface area contributed by atoms with Crippen molar-refractivity contribution in [3.8, 4) is 0 Å². The van der Waals surface area contributed by atoms with Crippen LogP contribution in [0, 0.1) is 0 Å². The maximum Gasteiger partial charge on any atom is 0.255 e. The fourth-order valence-corrected chi connectivity index (χ4v) is 1.82. The predicted octanol–water partition coefficient (Wildman–Crippen LogP) is 1.29. The molecule has 0 spiro atoms. The zero-order valence-corrected chi connectivity index (χ0v) is 6.60. The van der Waals surface area contributed by atoms with E-state index in [1.165, 1.54) is 0 Å². The molecule has 0 aromatic heterocycles. The Kier molecular flexibility index (Phi) is 2.72. The van der Waals surface area contributed by atoms with Crippen molar-refractivity contribution in [2.24, 2.45) is 0 Å². The minimum atomic E-state index is -0.449. The van der Waals surface area contributed by atoms with Crippen molar-refractivity contribution in [3.63, 3.8) is 0 Å². The molecule has 0 saturated carbocycles. The Balaban J connectivity index is 2.31. The molecule has 0 amide bonds. The first kappa shape index (κ1) is 7.28. The van der Waals surface area contributed by atoms with Gasteiger partial charge in [0.2, 0.25) is 0 Å². The van der Waals surface area contributed by atoms with E-state index in [2.05, 4.69) is 12.2 Å². The van der Waals surface area contributed by atoms with Crippen LogP contribution in [0.4, 0.5) is 4.39 Å². The summed E-state index contributed by atoms with van der Waals surface area (Å²) in [6.07, 6.45) is 0. The number of nitrogens with zero attached hydrogens (tertiary/aromatic N) is 1. The summed E-state index contributed by atoms with van der Waals surface area (Å²) in [6.45, 7) is 1.56. The van der Waals surface area contributed by atoms with Crippen molar-refractivity contribution in [2.45, 2.75) is 0 Å². The van der Waals surface area contributed by atoms with Crippen molar-refractivity contribution in [2.75, 3.05) is 24.6 Å². The average molecular weight is 165 g/mol. The number of hydrogen-bond acceptors (Lipinski definition) is 2. The predicted molar refractivity (Wildman–Crippen MR) is 42.6 cm³/mol. The quantitative estimate of drug-likeness (QED) is 0.302. The van der Waals surface area contributed by atoms with E-state index in [0.717, 1.165) is 24.6 Å². The largest absolute Gasteiger partial charge is 0.338 e. The van der Waals surface area contributed by atoms with E-state index in [4.69, 9.17) is 0 Å². The van der Waals surface area contributed by atoms with Gasteiger partial charge < -0.3 is 4.90 Å². The Hall–Kier alpha value is 0.170. The van der Waals surface area contributed by atoms with Crippen molar-refractivity contribution in [1.82, 2.24) is 4.90 Å². The second-order valence-corrected chi connectivity index (χ2v) is 3.41. The lowest BCUT2D eigenvalue weighted by atomic mass is 10.5. The Morgan fingerprint density at radius 2 is 2.00 bits per heavy atom. The molecular weight excluding hydrogens is 157 g/mol. The molecule has 0 aromatic carbocycles. The van der Waals surface area contributed by atoms with Gasteiger partial charge in [0.25, 0.3) is 5.24 Å². The average Bonchev–Trinajstić information content (AvgIpc) is 1.90. The Morgan fingerprint density at radius 3 is 2.33 bits per heavy atom. The van der Waals surface area contributed by atoms with E-state index < -0.39 is 5.24 Å². The van der Waals surface area contributed by atoms with E-state index in [0.29, 0.717) is 0 Å². The van der Waals surface area contributed by atoms with E-state index >= 15 is 0 Å². The number of thioether (sulfide) groups is 1. The van der Waals surface area contributed by atoms with Gasteiger partial charge in [-0.25, -0.2) is 0 Å². The highest BCUT2D eigenvalue weighted by atomic mass is 32.2. The molecule has 1 aliphatic rings. The van der Waals surface area contributed by atoms with E-state index in [-0.39, 0.29) is 0 Å². The van der Waals surface area contributed by atoms with Crippen molar-refractivity contribution >= 4 is 29.2 Å². The minimum absolute atomic E-state index is 0.449. The summed E-state index contributed by atoms with van der Waals surface area (Å²) in [7, 11) is 0. The topological polar surface area (TPSA) is 3.24 Å². The van der Waals surface area contributed by atoms with Crippen LogP contribution in [0.25, 0.3) is 0 Å². The van der Waals surface area contributed by atoms with Crippen LogP contribution >= 0.6 is 24.0 Å². The van der Waals surface area contributed by atoms with E-state index in [1.807, 2.05) is 11.8 Å². The summed E-state index contributed by atoms with van der Waals surface area (Å²) >= 11 is 6.21. The molecule has 1 heterocycles. The monoisotopic (exact) mass is 165 g/mol. The lowest BCUT2D eigenvalue weighted by Gasteiger charge is -2.24. The van der Waals surface area contributed by atoms with Crippen LogP contribution in [-0.4, -0.2) is 34.7 Å². The van der Waals surface area contributed by atoms with Crippen LogP contribution in [0.1, 0.15) is 0 Å². The molecule has 0 aliphatic carbocycles. The summed E-state index contributed by atoms with van der Waals surface area (Å²) in [6, 6.07) is 0. The third kappa shape index (κ3) is 2.10. The number of rotatable bonds is 0. The van der Waals surface area contributed by atoms with Gasteiger partial charge in [0.1, 0.15) is 0 Å². The standard InChI is InChI=1S/C5H8FNS2/c6-5(8)7-1-3-9-4-2-7/h1-4H2. The molecule has 0 aromatic rings. The first-order chi connectivity index (χ1) is 4.30. The molecule has 0 unspecified atom stereocenters. The summed E-state index contributed by atoms with van der Waals surface area (Å²) in [5, 5.41) is -0.449. The van der Waals surface area contributed by atoms with Gasteiger partial charge in [0.05, 0.1) is 0 Å². The second-order valence-electron chi connectivity index (χ2n) is 1.85. The molecule has 1 aliphatic heterocycles. The van der Waals surface area contributed by atoms with Crippen molar-refractivity contribution < 1.29 is 4.39 Å². The van der Waals surface area contributed by atoms with Crippen LogP contribution < -0.4 is 0 Å². The zero-order chi connectivity index (χ0) is 6.69. The highest BCUT2D eigenvalue weighted by Crippen LogP contribution is 2.09.